The largest absolute Gasteiger partial charge is 0.465 e. The van der Waals surface area contributed by atoms with Crippen molar-refractivity contribution in [3.63, 3.8) is 0 Å². The first-order chi connectivity index (χ1) is 11.3. The van der Waals surface area contributed by atoms with Gasteiger partial charge in [-0.1, -0.05) is 42.5 Å². The zero-order valence-electron chi connectivity index (χ0n) is 12.7. The lowest BCUT2D eigenvalue weighted by Crippen LogP contribution is -2.00. The van der Waals surface area contributed by atoms with E-state index in [1.165, 1.54) is 18.2 Å². The molecule has 0 fully saturated rings. The number of benzene rings is 2. The molecule has 3 rings (SSSR count). The second kappa shape index (κ2) is 7.07. The topological polar surface area (TPSA) is 26.3 Å². The van der Waals surface area contributed by atoms with Crippen LogP contribution in [0.4, 0.5) is 0 Å². The molecule has 2 nitrogen and oxygen atoms in total. The van der Waals surface area contributed by atoms with Gasteiger partial charge in [-0.25, -0.2) is 4.79 Å². The third-order valence-corrected chi connectivity index (χ3v) is 4.20. The first kappa shape index (κ1) is 15.3. The number of esters is 1. The van der Waals surface area contributed by atoms with Gasteiger partial charge in [0.2, 0.25) is 0 Å². The lowest BCUT2D eigenvalue weighted by molar-refractivity contribution is 0.0600. The molecule has 0 bridgehead atoms. The fourth-order valence-corrected chi connectivity index (χ4v) is 3.00. The van der Waals surface area contributed by atoms with Crippen LogP contribution in [-0.2, 0) is 4.74 Å². The van der Waals surface area contributed by atoms with Gasteiger partial charge in [-0.2, -0.15) is 11.3 Å². The molecule has 0 saturated carbocycles. The molecule has 1 aromatic heterocycles. The summed E-state index contributed by atoms with van der Waals surface area (Å²) in [6.07, 6.45) is 4.05. The summed E-state index contributed by atoms with van der Waals surface area (Å²) < 4.78 is 4.75. The molecule has 0 saturated heterocycles. The van der Waals surface area contributed by atoms with Crippen LogP contribution < -0.4 is 0 Å². The van der Waals surface area contributed by atoms with Crippen molar-refractivity contribution in [1.29, 1.82) is 0 Å². The van der Waals surface area contributed by atoms with Crippen LogP contribution in [0.1, 0.15) is 21.5 Å². The Labute approximate surface area is 139 Å². The number of carbonyl (C=O) groups is 1. The van der Waals surface area contributed by atoms with E-state index in [1.807, 2.05) is 30.4 Å². The summed E-state index contributed by atoms with van der Waals surface area (Å²) in [6, 6.07) is 17.9. The summed E-state index contributed by atoms with van der Waals surface area (Å²) in [6.45, 7) is 0. The maximum absolute atomic E-state index is 11.6. The molecule has 0 atom stereocenters. The number of hydrogen-bond donors (Lipinski definition) is 0. The fraction of sp³-hybridized carbons (Fsp3) is 0.0500. The van der Waals surface area contributed by atoms with Gasteiger partial charge >= 0.3 is 5.97 Å². The number of hydrogen-bond acceptors (Lipinski definition) is 3. The van der Waals surface area contributed by atoms with Gasteiger partial charge in [-0.05, 0) is 57.3 Å². The van der Waals surface area contributed by atoms with E-state index in [9.17, 15) is 4.79 Å². The molecule has 114 valence electrons. The molecule has 2 aromatic carbocycles. The molecule has 0 amide bonds. The fourth-order valence-electron chi connectivity index (χ4n) is 2.33. The predicted molar refractivity (Wildman–Crippen MR) is 96.5 cm³/mol. The SMILES string of the molecule is COC(=O)c1cccc(/C=C\c2cccc(-c3ccsc3)c2)c1. The van der Waals surface area contributed by atoms with Crippen LogP contribution in [-0.4, -0.2) is 13.1 Å². The van der Waals surface area contributed by atoms with E-state index >= 15 is 0 Å². The van der Waals surface area contributed by atoms with Crippen LogP contribution in [0.3, 0.4) is 0 Å². The summed E-state index contributed by atoms with van der Waals surface area (Å²) in [5.74, 6) is -0.320. The Morgan fingerprint density at radius 2 is 1.70 bits per heavy atom. The van der Waals surface area contributed by atoms with Crippen molar-refractivity contribution in [2.75, 3.05) is 7.11 Å². The van der Waals surface area contributed by atoms with E-state index < -0.39 is 0 Å². The first-order valence-electron chi connectivity index (χ1n) is 7.25. The average molecular weight is 320 g/mol. The number of thiophene rings is 1. The molecule has 0 N–H and O–H groups in total. The normalized spacial score (nSPS) is 10.8. The highest BCUT2D eigenvalue weighted by Gasteiger charge is 2.04. The van der Waals surface area contributed by atoms with Crippen LogP contribution in [0.5, 0.6) is 0 Å². The lowest BCUT2D eigenvalue weighted by atomic mass is 10.0. The average Bonchev–Trinajstić information content (AvgIpc) is 3.14. The zero-order chi connectivity index (χ0) is 16.1. The summed E-state index contributed by atoms with van der Waals surface area (Å²) in [5.41, 5.74) is 5.09. The molecule has 0 aliphatic heterocycles. The van der Waals surface area contributed by atoms with E-state index in [1.54, 1.807) is 17.4 Å². The maximum Gasteiger partial charge on any atom is 0.337 e. The highest BCUT2D eigenvalue weighted by Crippen LogP contribution is 2.23. The van der Waals surface area contributed by atoms with E-state index in [2.05, 4.69) is 41.1 Å². The third kappa shape index (κ3) is 3.76. The monoisotopic (exact) mass is 320 g/mol. The van der Waals surface area contributed by atoms with Crippen molar-refractivity contribution < 1.29 is 9.53 Å². The molecule has 3 aromatic rings. The summed E-state index contributed by atoms with van der Waals surface area (Å²) >= 11 is 1.70. The van der Waals surface area contributed by atoms with Gasteiger partial charge in [0.15, 0.2) is 0 Å². The molecule has 0 aliphatic carbocycles. The molecule has 0 unspecified atom stereocenters. The van der Waals surface area contributed by atoms with Crippen LogP contribution >= 0.6 is 11.3 Å². The highest BCUT2D eigenvalue weighted by molar-refractivity contribution is 7.08. The highest BCUT2D eigenvalue weighted by atomic mass is 32.1. The van der Waals surface area contributed by atoms with Crippen LogP contribution in [0.15, 0.2) is 65.4 Å². The Balaban J connectivity index is 1.83. The van der Waals surface area contributed by atoms with Crippen LogP contribution in [0, 0.1) is 0 Å². The Bertz CT molecular complexity index is 832. The number of rotatable bonds is 4. The molecule has 23 heavy (non-hydrogen) atoms. The Hall–Kier alpha value is -2.65. The van der Waals surface area contributed by atoms with E-state index in [-0.39, 0.29) is 5.97 Å². The number of carbonyl (C=O) groups excluding carboxylic acids is 1. The minimum Gasteiger partial charge on any atom is -0.465 e. The predicted octanol–water partition coefficient (Wildman–Crippen LogP) is 5.37. The van der Waals surface area contributed by atoms with Crippen molar-refractivity contribution >= 4 is 29.5 Å². The van der Waals surface area contributed by atoms with Gasteiger partial charge < -0.3 is 4.74 Å². The van der Waals surface area contributed by atoms with E-state index in [0.717, 1.165) is 11.1 Å². The molecule has 0 spiro atoms. The maximum atomic E-state index is 11.6. The molecule has 0 radical (unpaired) electrons. The lowest BCUT2D eigenvalue weighted by Gasteiger charge is -2.01. The van der Waals surface area contributed by atoms with Gasteiger partial charge in [0.1, 0.15) is 0 Å². The molecule has 3 heteroatoms. The van der Waals surface area contributed by atoms with Gasteiger partial charge in [-0.15, -0.1) is 0 Å². The van der Waals surface area contributed by atoms with Gasteiger partial charge in [-0.3, -0.25) is 0 Å². The molecule has 1 heterocycles. The number of ether oxygens (including phenoxy) is 1. The smallest absolute Gasteiger partial charge is 0.337 e. The van der Waals surface area contributed by atoms with Crippen molar-refractivity contribution in [3.05, 3.63) is 82.0 Å². The third-order valence-electron chi connectivity index (χ3n) is 3.52. The number of methoxy groups -OCH3 is 1. The Kier molecular flexibility index (Phi) is 4.69. The van der Waals surface area contributed by atoms with Gasteiger partial charge in [0, 0.05) is 0 Å². The summed E-state index contributed by atoms with van der Waals surface area (Å²) in [7, 11) is 1.39. The standard InChI is InChI=1S/C20H16O2S/c1-22-20(21)18-7-3-5-16(13-18)9-8-15-4-2-6-17(12-15)19-10-11-23-14-19/h2-14H,1H3/b9-8-. The minimum absolute atomic E-state index is 0.320. The molecular weight excluding hydrogens is 304 g/mol. The Morgan fingerprint density at radius 1 is 0.957 bits per heavy atom. The quantitative estimate of drug-likeness (QED) is 0.477. The van der Waals surface area contributed by atoms with Crippen LogP contribution in [0.25, 0.3) is 23.3 Å². The first-order valence-corrected chi connectivity index (χ1v) is 8.19. The van der Waals surface area contributed by atoms with Crippen molar-refractivity contribution in [2.24, 2.45) is 0 Å². The summed E-state index contributed by atoms with van der Waals surface area (Å²) in [4.78, 5) is 11.6. The molecular formula is C20H16O2S. The molecule has 0 aliphatic rings. The second-order valence-corrected chi connectivity index (χ2v) is 5.87. The van der Waals surface area contributed by atoms with Gasteiger partial charge in [0.25, 0.3) is 0 Å². The van der Waals surface area contributed by atoms with Crippen molar-refractivity contribution in [1.82, 2.24) is 0 Å². The zero-order valence-corrected chi connectivity index (χ0v) is 13.5. The van der Waals surface area contributed by atoms with Gasteiger partial charge in [0.05, 0.1) is 12.7 Å². The van der Waals surface area contributed by atoms with E-state index in [0.29, 0.717) is 5.56 Å². The summed E-state index contributed by atoms with van der Waals surface area (Å²) in [5, 5.41) is 4.22. The van der Waals surface area contributed by atoms with Crippen molar-refractivity contribution in [2.45, 2.75) is 0 Å². The Morgan fingerprint density at radius 3 is 2.39 bits per heavy atom. The minimum atomic E-state index is -0.320. The van der Waals surface area contributed by atoms with E-state index in [4.69, 9.17) is 4.74 Å². The van der Waals surface area contributed by atoms with Crippen molar-refractivity contribution in [3.8, 4) is 11.1 Å². The van der Waals surface area contributed by atoms with Crippen LogP contribution in [0.2, 0.25) is 0 Å². The second-order valence-electron chi connectivity index (χ2n) is 5.09.